The Bertz CT molecular complexity index is 657. The highest BCUT2D eigenvalue weighted by Gasteiger charge is 2.24. The van der Waals surface area contributed by atoms with Crippen molar-refractivity contribution in [2.45, 2.75) is 6.04 Å². The molecule has 0 saturated carbocycles. The Hall–Kier alpha value is -1.86. The lowest BCUT2D eigenvalue weighted by Crippen LogP contribution is -2.33. The molecule has 0 fully saturated rings. The van der Waals surface area contributed by atoms with E-state index in [9.17, 15) is 14.7 Å². The van der Waals surface area contributed by atoms with Gasteiger partial charge in [-0.25, -0.2) is 4.79 Å². The van der Waals surface area contributed by atoms with Gasteiger partial charge in [-0.2, -0.15) is 0 Å². The summed E-state index contributed by atoms with van der Waals surface area (Å²) in [7, 11) is 1.45. The number of nitrogens with one attached hydrogen (secondary N) is 1. The molecule has 110 valence electrons. The summed E-state index contributed by atoms with van der Waals surface area (Å²) in [5.41, 5.74) is 0.281. The quantitative estimate of drug-likeness (QED) is 0.848. The number of amides is 1. The molecule has 1 atom stereocenters. The van der Waals surface area contributed by atoms with Gasteiger partial charge >= 0.3 is 5.97 Å². The van der Waals surface area contributed by atoms with Crippen LogP contribution in [0.4, 0.5) is 0 Å². The molecule has 1 amide bonds. The Kier molecular flexibility index (Phi) is 4.98. The number of hydrogen-bond donors (Lipinski definition) is 2. The zero-order chi connectivity index (χ0) is 15.4. The van der Waals surface area contributed by atoms with Gasteiger partial charge in [-0.3, -0.25) is 4.79 Å². The minimum atomic E-state index is -1.11. The van der Waals surface area contributed by atoms with Crippen molar-refractivity contribution >= 4 is 39.1 Å². The van der Waals surface area contributed by atoms with Crippen LogP contribution in [0.2, 0.25) is 0 Å². The molecule has 0 aliphatic heterocycles. The van der Waals surface area contributed by atoms with Crippen molar-refractivity contribution in [3.63, 3.8) is 0 Å². The van der Waals surface area contributed by atoms with Crippen molar-refractivity contribution in [1.29, 1.82) is 0 Å². The number of carbonyl (C=O) groups excluding carboxylic acids is 1. The van der Waals surface area contributed by atoms with Crippen LogP contribution >= 0.6 is 27.3 Å². The fourth-order valence-electron chi connectivity index (χ4n) is 1.77. The number of ether oxygens (including phenoxy) is 1. The highest BCUT2D eigenvalue weighted by molar-refractivity contribution is 9.10. The summed E-state index contributed by atoms with van der Waals surface area (Å²) in [6, 6.07) is 7.25. The van der Waals surface area contributed by atoms with Crippen molar-refractivity contribution in [1.82, 2.24) is 5.32 Å². The average molecular weight is 370 g/mol. The standard InChI is InChI=1S/C14H12BrNO4S/c1-20-10-7-8(15)4-5-9(10)13(17)16-12(14(18)19)11-3-2-6-21-11/h2-7,12H,1H3,(H,16,17)(H,18,19). The molecule has 2 rings (SSSR count). The number of thiophene rings is 1. The van der Waals surface area contributed by atoms with E-state index in [-0.39, 0.29) is 5.56 Å². The lowest BCUT2D eigenvalue weighted by Gasteiger charge is -2.14. The normalized spacial score (nSPS) is 11.7. The Morgan fingerprint density at radius 3 is 2.71 bits per heavy atom. The number of methoxy groups -OCH3 is 1. The number of halogens is 1. The van der Waals surface area contributed by atoms with Gasteiger partial charge in [-0.15, -0.1) is 11.3 Å². The van der Waals surface area contributed by atoms with Crippen molar-refractivity contribution in [2.75, 3.05) is 7.11 Å². The maximum absolute atomic E-state index is 12.3. The zero-order valence-electron chi connectivity index (χ0n) is 11.0. The molecule has 2 N–H and O–H groups in total. The molecule has 0 radical (unpaired) electrons. The Morgan fingerprint density at radius 1 is 1.38 bits per heavy atom. The number of benzene rings is 1. The first-order valence-corrected chi connectivity index (χ1v) is 7.61. The van der Waals surface area contributed by atoms with E-state index in [0.717, 1.165) is 4.47 Å². The highest BCUT2D eigenvalue weighted by Crippen LogP contribution is 2.25. The van der Waals surface area contributed by atoms with Crippen LogP contribution in [0.5, 0.6) is 5.75 Å². The van der Waals surface area contributed by atoms with Crippen molar-refractivity contribution in [3.8, 4) is 5.75 Å². The fraction of sp³-hybridized carbons (Fsp3) is 0.143. The maximum atomic E-state index is 12.3. The van der Waals surface area contributed by atoms with Gasteiger partial charge in [0.25, 0.3) is 5.91 Å². The van der Waals surface area contributed by atoms with E-state index in [0.29, 0.717) is 10.6 Å². The lowest BCUT2D eigenvalue weighted by atomic mass is 10.1. The molecule has 0 aliphatic rings. The number of hydrogen-bond acceptors (Lipinski definition) is 4. The molecule has 1 aromatic heterocycles. The summed E-state index contributed by atoms with van der Waals surface area (Å²) in [6.45, 7) is 0. The largest absolute Gasteiger partial charge is 0.496 e. The van der Waals surface area contributed by atoms with Crippen LogP contribution < -0.4 is 10.1 Å². The fourth-order valence-corrected chi connectivity index (χ4v) is 2.88. The number of aliphatic carboxylic acids is 1. The molecule has 2 aromatic rings. The molecule has 1 unspecified atom stereocenters. The van der Waals surface area contributed by atoms with Crippen molar-refractivity contribution < 1.29 is 19.4 Å². The van der Waals surface area contributed by atoms with E-state index in [1.54, 1.807) is 35.7 Å². The number of carbonyl (C=O) groups is 2. The van der Waals surface area contributed by atoms with Gasteiger partial charge in [0.2, 0.25) is 0 Å². The van der Waals surface area contributed by atoms with E-state index >= 15 is 0 Å². The zero-order valence-corrected chi connectivity index (χ0v) is 13.4. The average Bonchev–Trinajstić information content (AvgIpc) is 2.97. The minimum Gasteiger partial charge on any atom is -0.496 e. The van der Waals surface area contributed by atoms with Crippen LogP contribution in [0, 0.1) is 0 Å². The Labute approximate surface area is 133 Å². The van der Waals surface area contributed by atoms with Gasteiger partial charge in [0.1, 0.15) is 5.75 Å². The van der Waals surface area contributed by atoms with E-state index in [2.05, 4.69) is 21.2 Å². The van der Waals surface area contributed by atoms with E-state index in [4.69, 9.17) is 4.74 Å². The van der Waals surface area contributed by atoms with Gasteiger partial charge in [-0.1, -0.05) is 22.0 Å². The third kappa shape index (κ3) is 3.62. The third-order valence-corrected chi connectivity index (χ3v) is 4.19. The third-order valence-electron chi connectivity index (χ3n) is 2.76. The molecule has 5 nitrogen and oxygen atoms in total. The van der Waals surface area contributed by atoms with Crippen LogP contribution in [0.25, 0.3) is 0 Å². The summed E-state index contributed by atoms with van der Waals surface area (Å²) >= 11 is 4.56. The number of rotatable bonds is 5. The molecule has 7 heteroatoms. The van der Waals surface area contributed by atoms with Crippen molar-refractivity contribution in [2.24, 2.45) is 0 Å². The molecule has 0 spiro atoms. The summed E-state index contributed by atoms with van der Waals surface area (Å²) in [4.78, 5) is 24.2. The van der Waals surface area contributed by atoms with Crippen LogP contribution in [0.1, 0.15) is 21.3 Å². The molecule has 21 heavy (non-hydrogen) atoms. The number of carboxylic acid groups (broad SMARTS) is 1. The highest BCUT2D eigenvalue weighted by atomic mass is 79.9. The van der Waals surface area contributed by atoms with Crippen LogP contribution in [0.3, 0.4) is 0 Å². The van der Waals surface area contributed by atoms with Crippen LogP contribution in [-0.4, -0.2) is 24.1 Å². The second-order valence-electron chi connectivity index (χ2n) is 4.10. The van der Waals surface area contributed by atoms with E-state index in [1.165, 1.54) is 18.4 Å². The summed E-state index contributed by atoms with van der Waals surface area (Å²) in [5.74, 6) is -1.24. The summed E-state index contributed by atoms with van der Waals surface area (Å²) in [6.07, 6.45) is 0. The van der Waals surface area contributed by atoms with Crippen LogP contribution in [0.15, 0.2) is 40.2 Å². The molecular weight excluding hydrogens is 358 g/mol. The molecule has 0 saturated heterocycles. The van der Waals surface area contributed by atoms with Gasteiger partial charge in [0, 0.05) is 9.35 Å². The molecule has 1 heterocycles. The van der Waals surface area contributed by atoms with E-state index < -0.39 is 17.9 Å². The lowest BCUT2D eigenvalue weighted by molar-refractivity contribution is -0.139. The van der Waals surface area contributed by atoms with Gasteiger partial charge in [0.05, 0.1) is 12.7 Å². The van der Waals surface area contributed by atoms with E-state index in [1.807, 2.05) is 0 Å². The summed E-state index contributed by atoms with van der Waals surface area (Å²) in [5, 5.41) is 13.5. The molecule has 1 aromatic carbocycles. The monoisotopic (exact) mass is 369 g/mol. The Balaban J connectivity index is 2.26. The smallest absolute Gasteiger partial charge is 0.331 e. The SMILES string of the molecule is COc1cc(Br)ccc1C(=O)NC(C(=O)O)c1cccs1. The molecule has 0 bridgehead atoms. The van der Waals surface area contributed by atoms with Crippen LogP contribution in [-0.2, 0) is 4.79 Å². The molecular formula is C14H12BrNO4S. The minimum absolute atomic E-state index is 0.281. The first-order valence-electron chi connectivity index (χ1n) is 5.93. The van der Waals surface area contributed by atoms with Gasteiger partial charge in [0.15, 0.2) is 6.04 Å². The maximum Gasteiger partial charge on any atom is 0.331 e. The molecule has 0 aliphatic carbocycles. The van der Waals surface area contributed by atoms with Gasteiger partial charge < -0.3 is 15.2 Å². The topological polar surface area (TPSA) is 75.6 Å². The predicted octanol–water partition coefficient (Wildman–Crippen LogP) is 3.07. The van der Waals surface area contributed by atoms with Gasteiger partial charge in [-0.05, 0) is 29.6 Å². The van der Waals surface area contributed by atoms with Crippen molar-refractivity contribution in [3.05, 3.63) is 50.6 Å². The number of carboxylic acids is 1. The Morgan fingerprint density at radius 2 is 2.14 bits per heavy atom. The first-order chi connectivity index (χ1) is 10.0. The summed E-state index contributed by atoms with van der Waals surface area (Å²) < 4.78 is 5.91. The predicted molar refractivity (Wildman–Crippen MR) is 82.9 cm³/mol. The second-order valence-corrected chi connectivity index (χ2v) is 6.00. The second kappa shape index (κ2) is 6.73. The first kappa shape index (κ1) is 15.5.